The van der Waals surface area contributed by atoms with Gasteiger partial charge in [-0.15, -0.1) is 0 Å². The Morgan fingerprint density at radius 1 is 1.27 bits per heavy atom. The highest BCUT2D eigenvalue weighted by atomic mass is 16.4. The van der Waals surface area contributed by atoms with Crippen LogP contribution in [-0.4, -0.2) is 28.5 Å². The predicted molar refractivity (Wildman–Crippen MR) is 96.9 cm³/mol. The summed E-state index contributed by atoms with van der Waals surface area (Å²) in [5.74, 6) is -1.28. The first-order chi connectivity index (χ1) is 12.5. The van der Waals surface area contributed by atoms with Gasteiger partial charge in [0.2, 0.25) is 11.8 Å². The molecule has 2 heterocycles. The number of anilines is 1. The largest absolute Gasteiger partial charge is 0.481 e. The van der Waals surface area contributed by atoms with Crippen molar-refractivity contribution in [3.05, 3.63) is 48.0 Å². The molecular weight excluding hydrogens is 332 g/mol. The molecule has 1 aromatic heterocycles. The van der Waals surface area contributed by atoms with Crippen LogP contribution in [0.15, 0.2) is 46.9 Å². The smallest absolute Gasteiger partial charge is 0.308 e. The Kier molecular flexibility index (Phi) is 3.95. The molecule has 6 heteroatoms. The first-order valence-corrected chi connectivity index (χ1v) is 8.58. The number of carboxylic acid groups (broad SMARTS) is 1. The molecular formula is C20H18N2O4. The maximum absolute atomic E-state index is 12.1. The van der Waals surface area contributed by atoms with E-state index >= 15 is 0 Å². The molecule has 1 saturated heterocycles. The standard InChI is InChI=1S/C20H18N2O4/c1-2-12-3-5-13(6-4-12)19-21-16-8-7-15(10-17(16)26-19)22-11-14(20(24)25)9-18(22)23/h3-8,10,14H,2,9,11H2,1H3,(H,24,25)/t14-/m0/s1. The average molecular weight is 350 g/mol. The number of carbonyl (C=O) groups excluding carboxylic acids is 1. The van der Waals surface area contributed by atoms with Crippen molar-refractivity contribution in [3.8, 4) is 11.5 Å². The van der Waals surface area contributed by atoms with Gasteiger partial charge in [-0.05, 0) is 36.2 Å². The van der Waals surface area contributed by atoms with Crippen molar-refractivity contribution in [2.45, 2.75) is 19.8 Å². The van der Waals surface area contributed by atoms with Gasteiger partial charge in [0.15, 0.2) is 5.58 Å². The van der Waals surface area contributed by atoms with E-state index in [0.717, 1.165) is 12.0 Å². The highest BCUT2D eigenvalue weighted by Gasteiger charge is 2.35. The van der Waals surface area contributed by atoms with E-state index in [4.69, 9.17) is 9.52 Å². The number of carboxylic acids is 1. The summed E-state index contributed by atoms with van der Waals surface area (Å²) in [7, 11) is 0. The third-order valence-corrected chi connectivity index (χ3v) is 4.77. The molecule has 0 unspecified atom stereocenters. The highest BCUT2D eigenvalue weighted by molar-refractivity contribution is 6.00. The number of hydrogen-bond donors (Lipinski definition) is 1. The Balaban J connectivity index is 1.65. The number of aliphatic carboxylic acids is 1. The van der Waals surface area contributed by atoms with Crippen molar-refractivity contribution in [2.24, 2.45) is 5.92 Å². The summed E-state index contributed by atoms with van der Waals surface area (Å²) in [4.78, 5) is 29.3. The number of hydrogen-bond acceptors (Lipinski definition) is 4. The molecule has 1 aliphatic rings. The van der Waals surface area contributed by atoms with Crippen LogP contribution in [0.25, 0.3) is 22.6 Å². The van der Waals surface area contributed by atoms with E-state index in [2.05, 4.69) is 11.9 Å². The fourth-order valence-electron chi connectivity index (χ4n) is 3.21. The van der Waals surface area contributed by atoms with Crippen LogP contribution in [0.1, 0.15) is 18.9 Å². The zero-order valence-electron chi connectivity index (χ0n) is 14.3. The van der Waals surface area contributed by atoms with Crippen LogP contribution in [0, 0.1) is 5.92 Å². The number of fused-ring (bicyclic) bond motifs is 1. The van der Waals surface area contributed by atoms with Crippen molar-refractivity contribution in [2.75, 3.05) is 11.4 Å². The van der Waals surface area contributed by atoms with E-state index in [1.807, 2.05) is 24.3 Å². The zero-order valence-corrected chi connectivity index (χ0v) is 14.3. The highest BCUT2D eigenvalue weighted by Crippen LogP contribution is 2.30. The maximum atomic E-state index is 12.1. The van der Waals surface area contributed by atoms with Crippen LogP contribution in [0.2, 0.25) is 0 Å². The second-order valence-corrected chi connectivity index (χ2v) is 6.47. The summed E-state index contributed by atoms with van der Waals surface area (Å²) in [6.45, 7) is 2.28. The lowest BCUT2D eigenvalue weighted by Gasteiger charge is -2.15. The SMILES string of the molecule is CCc1ccc(-c2nc3ccc(N4C[C@@H](C(=O)O)CC4=O)cc3o2)cc1. The molecule has 1 N–H and O–H groups in total. The molecule has 0 spiro atoms. The molecule has 2 aromatic carbocycles. The summed E-state index contributed by atoms with van der Waals surface area (Å²) >= 11 is 0. The van der Waals surface area contributed by atoms with E-state index in [1.54, 1.807) is 18.2 Å². The number of nitrogens with zero attached hydrogens (tertiary/aromatic N) is 2. The summed E-state index contributed by atoms with van der Waals surface area (Å²) in [5, 5.41) is 9.13. The monoisotopic (exact) mass is 350 g/mol. The average Bonchev–Trinajstić information content (AvgIpc) is 3.24. The van der Waals surface area contributed by atoms with Gasteiger partial charge in [-0.3, -0.25) is 9.59 Å². The Hall–Kier alpha value is -3.15. The van der Waals surface area contributed by atoms with E-state index in [1.165, 1.54) is 10.5 Å². The second-order valence-electron chi connectivity index (χ2n) is 6.47. The van der Waals surface area contributed by atoms with Crippen molar-refractivity contribution in [3.63, 3.8) is 0 Å². The molecule has 132 valence electrons. The van der Waals surface area contributed by atoms with E-state index in [9.17, 15) is 9.59 Å². The van der Waals surface area contributed by atoms with Crippen molar-refractivity contribution >= 4 is 28.7 Å². The molecule has 4 rings (SSSR count). The van der Waals surface area contributed by atoms with Gasteiger partial charge in [-0.2, -0.15) is 0 Å². The molecule has 0 saturated carbocycles. The molecule has 0 radical (unpaired) electrons. The van der Waals surface area contributed by atoms with Gasteiger partial charge in [-0.25, -0.2) is 4.98 Å². The minimum absolute atomic E-state index is 0.0266. The number of benzene rings is 2. The molecule has 1 atom stereocenters. The van der Waals surface area contributed by atoms with Crippen molar-refractivity contribution < 1.29 is 19.1 Å². The normalized spacial score (nSPS) is 17.2. The number of rotatable bonds is 4. The minimum atomic E-state index is -0.945. The second kappa shape index (κ2) is 6.29. The van der Waals surface area contributed by atoms with Crippen LogP contribution in [-0.2, 0) is 16.0 Å². The van der Waals surface area contributed by atoms with E-state index in [0.29, 0.717) is 22.7 Å². The molecule has 0 bridgehead atoms. The lowest BCUT2D eigenvalue weighted by Crippen LogP contribution is -2.25. The summed E-state index contributed by atoms with van der Waals surface area (Å²) < 4.78 is 5.87. The number of oxazole rings is 1. The van der Waals surface area contributed by atoms with Crippen LogP contribution in [0.3, 0.4) is 0 Å². The number of amides is 1. The summed E-state index contributed by atoms with van der Waals surface area (Å²) in [5.41, 5.74) is 4.04. The first kappa shape index (κ1) is 16.3. The van der Waals surface area contributed by atoms with Crippen LogP contribution < -0.4 is 4.90 Å². The summed E-state index contributed by atoms with van der Waals surface area (Å²) in [6.07, 6.45) is 0.997. The van der Waals surface area contributed by atoms with E-state index < -0.39 is 11.9 Å². The predicted octanol–water partition coefficient (Wildman–Crippen LogP) is 3.49. The van der Waals surface area contributed by atoms with Gasteiger partial charge in [0.1, 0.15) is 5.52 Å². The molecule has 1 fully saturated rings. The van der Waals surface area contributed by atoms with Crippen LogP contribution in [0.5, 0.6) is 0 Å². The third-order valence-electron chi connectivity index (χ3n) is 4.77. The molecule has 3 aromatic rings. The zero-order chi connectivity index (χ0) is 18.3. The van der Waals surface area contributed by atoms with Crippen LogP contribution >= 0.6 is 0 Å². The van der Waals surface area contributed by atoms with Gasteiger partial charge in [0.05, 0.1) is 5.92 Å². The molecule has 1 aliphatic heterocycles. The number of carbonyl (C=O) groups is 2. The van der Waals surface area contributed by atoms with E-state index in [-0.39, 0.29) is 18.9 Å². The fourth-order valence-corrected chi connectivity index (χ4v) is 3.21. The van der Waals surface area contributed by atoms with Gasteiger partial charge in [0.25, 0.3) is 0 Å². The Bertz CT molecular complexity index is 991. The third kappa shape index (κ3) is 2.83. The fraction of sp³-hybridized carbons (Fsp3) is 0.250. The summed E-state index contributed by atoms with van der Waals surface area (Å²) in [6, 6.07) is 13.4. The topological polar surface area (TPSA) is 83.6 Å². The van der Waals surface area contributed by atoms with Crippen LogP contribution in [0.4, 0.5) is 5.69 Å². The Morgan fingerprint density at radius 3 is 2.69 bits per heavy atom. The van der Waals surface area contributed by atoms with Gasteiger partial charge >= 0.3 is 5.97 Å². The lowest BCUT2D eigenvalue weighted by molar-refractivity contribution is -0.141. The maximum Gasteiger partial charge on any atom is 0.308 e. The van der Waals surface area contributed by atoms with Gasteiger partial charge < -0.3 is 14.4 Å². The number of aromatic nitrogens is 1. The van der Waals surface area contributed by atoms with Crippen molar-refractivity contribution in [1.82, 2.24) is 4.98 Å². The molecule has 0 aliphatic carbocycles. The van der Waals surface area contributed by atoms with Gasteiger partial charge in [0, 0.05) is 30.3 Å². The van der Waals surface area contributed by atoms with Crippen molar-refractivity contribution in [1.29, 1.82) is 0 Å². The molecule has 1 amide bonds. The number of aryl methyl sites for hydroxylation is 1. The first-order valence-electron chi connectivity index (χ1n) is 8.58. The minimum Gasteiger partial charge on any atom is -0.481 e. The lowest BCUT2D eigenvalue weighted by atomic mass is 10.1. The Labute approximate surface area is 150 Å². The Morgan fingerprint density at radius 2 is 2.04 bits per heavy atom. The van der Waals surface area contributed by atoms with Gasteiger partial charge in [-0.1, -0.05) is 19.1 Å². The molecule has 6 nitrogen and oxygen atoms in total. The quantitative estimate of drug-likeness (QED) is 0.779. The molecule has 26 heavy (non-hydrogen) atoms.